The first-order valence-corrected chi connectivity index (χ1v) is 29.0. The van der Waals surface area contributed by atoms with Gasteiger partial charge in [-0.3, -0.25) is 13.7 Å². The Labute approximate surface area is 541 Å². The van der Waals surface area contributed by atoms with Crippen molar-refractivity contribution >= 4 is 32.8 Å². The standard InChI is InChI=1S/C82H74N4O/c1-50-23-20-24-51(2)76(50)56-42-69-65-31-16-14-29-63(65)64-30-15-17-32-66(64)70-41-55(54-39-58(81(8,9)10)45-59(40-54)82(11,12)13)44-74-79(70)85(78(69)71(43-56)77-52(3)25-21-26-53(77)4)49-84(74)60-27-22-28-61(47-60)87-62-35-36-68-67-33-18-19-34-72(67)86(73(68)48-62)75-46-57(37-38-83-75)80(5,6)7/h14-48H,1-13H3/i1D3,2D3,3D3,4D3,14D,15D,16D,17D,29D,30D,31D,32D. The number of hydrogen-bond acceptors (Lipinski definition) is 2. The topological polar surface area (TPSA) is 35.9 Å². The van der Waals surface area contributed by atoms with Crippen LogP contribution in [0.4, 0.5) is 0 Å². The van der Waals surface area contributed by atoms with E-state index in [9.17, 15) is 19.2 Å². The summed E-state index contributed by atoms with van der Waals surface area (Å²) in [6, 6.07) is 38.6. The first kappa shape index (κ1) is 37.1. The van der Waals surface area contributed by atoms with Crippen LogP contribution in [0.2, 0.25) is 0 Å². The molecule has 0 fully saturated rings. The SMILES string of the molecule is [2H]c1c([2H])c([2H])c2c(c1[2H])-c1cc(-c3c(C([2H])([2H])[2H])cccc3C([2H])([2H])[2H])cc(-c3c(C([2H])([2H])[2H])cccc3C([2H])([2H])[2H])c1-[n+]1[c-]n(-c3cccc(Oc4ccc5c6ccccc6n(-c6cc(C(C)(C)C)ccn6)c5c4)c3)c3cc(-c4cc(C(C)(C)C)cc(C(C)(C)C)c4)cc(c31)-c1c([2H])c([2H])c([2H])c([2H])c1-2. The summed E-state index contributed by atoms with van der Waals surface area (Å²) in [5.41, 5.74) is -0.327. The Morgan fingerprint density at radius 2 is 1.00 bits per heavy atom. The van der Waals surface area contributed by atoms with Crippen LogP contribution in [0.1, 0.15) is 129 Å². The molecule has 0 amide bonds. The molecule has 428 valence electrons. The zero-order chi connectivity index (χ0) is 77.4. The second kappa shape index (κ2) is 20.6. The number of para-hydroxylation sites is 1. The van der Waals surface area contributed by atoms with Gasteiger partial charge in [0.2, 0.25) is 0 Å². The van der Waals surface area contributed by atoms with Gasteiger partial charge in [0.25, 0.3) is 6.33 Å². The highest BCUT2D eigenvalue weighted by Crippen LogP contribution is 2.49. The van der Waals surface area contributed by atoms with Gasteiger partial charge >= 0.3 is 0 Å². The van der Waals surface area contributed by atoms with E-state index >= 15 is 0 Å². The second-order valence-corrected chi connectivity index (χ2v) is 25.6. The quantitative estimate of drug-likeness (QED) is 0.118. The van der Waals surface area contributed by atoms with Crippen LogP contribution in [0.5, 0.6) is 11.5 Å². The highest BCUT2D eigenvalue weighted by Gasteiger charge is 2.31. The normalized spacial score (nSPS) is 16.3. The Bertz CT molecular complexity index is 5820. The van der Waals surface area contributed by atoms with Crippen molar-refractivity contribution in [3.8, 4) is 95.5 Å². The molecule has 10 aromatic carbocycles. The molecule has 87 heavy (non-hydrogen) atoms. The van der Waals surface area contributed by atoms with Crippen molar-refractivity contribution in [3.63, 3.8) is 0 Å². The Balaban J connectivity index is 1.20. The van der Waals surface area contributed by atoms with E-state index in [2.05, 4.69) is 91.4 Å². The molecule has 1 aliphatic rings. The summed E-state index contributed by atoms with van der Waals surface area (Å²) >= 11 is 0. The predicted octanol–water partition coefficient (Wildman–Crippen LogP) is 21.4. The Hall–Kier alpha value is -9.58. The molecular weight excluding hydrogens is 1060 g/mol. The minimum Gasteiger partial charge on any atom is -0.458 e. The molecule has 14 rings (SSSR count). The number of ether oxygens (including phenoxy) is 1. The Kier molecular flexibility index (Phi) is 8.76. The Morgan fingerprint density at radius 3 is 1.64 bits per heavy atom. The highest BCUT2D eigenvalue weighted by molar-refractivity contribution is 6.10. The number of fused-ring (bicyclic) bond motifs is 10. The van der Waals surface area contributed by atoms with E-state index in [1.807, 2.05) is 60.7 Å². The lowest BCUT2D eigenvalue weighted by Gasteiger charge is -2.26. The van der Waals surface area contributed by atoms with Crippen molar-refractivity contribution in [3.05, 3.63) is 258 Å². The molecule has 5 heteroatoms. The van der Waals surface area contributed by atoms with Gasteiger partial charge in [-0.15, -0.1) is 0 Å². The van der Waals surface area contributed by atoms with E-state index in [0.29, 0.717) is 34.1 Å². The average molecular weight is 1150 g/mol. The van der Waals surface area contributed by atoms with Crippen LogP contribution in [0.3, 0.4) is 0 Å². The van der Waals surface area contributed by atoms with E-state index < -0.39 is 137 Å². The van der Waals surface area contributed by atoms with Crippen molar-refractivity contribution < 1.29 is 36.7 Å². The number of imidazole rings is 1. The fraction of sp³-hybridized carbons (Fsp3) is 0.195. The third-order valence-corrected chi connectivity index (χ3v) is 16.7. The first-order chi connectivity index (χ1) is 49.8. The van der Waals surface area contributed by atoms with E-state index in [0.717, 1.165) is 38.5 Å². The molecule has 0 aliphatic carbocycles. The van der Waals surface area contributed by atoms with Crippen LogP contribution in [0.15, 0.2) is 212 Å². The molecule has 0 saturated carbocycles. The summed E-state index contributed by atoms with van der Waals surface area (Å²) < 4.78 is 201. The van der Waals surface area contributed by atoms with Crippen molar-refractivity contribution in [1.29, 1.82) is 0 Å². The van der Waals surface area contributed by atoms with Gasteiger partial charge in [0.1, 0.15) is 17.3 Å². The van der Waals surface area contributed by atoms with Crippen LogP contribution in [-0.4, -0.2) is 14.1 Å². The number of pyridine rings is 1. The molecule has 13 aromatic rings. The largest absolute Gasteiger partial charge is 0.458 e. The number of rotatable bonds is 7. The van der Waals surface area contributed by atoms with Gasteiger partial charge in [-0.1, -0.05) is 196 Å². The zero-order valence-electron chi connectivity index (χ0n) is 69.8. The fourth-order valence-electron chi connectivity index (χ4n) is 12.2. The maximum absolute atomic E-state index is 10.3. The van der Waals surface area contributed by atoms with Crippen molar-refractivity contribution in [2.24, 2.45) is 0 Å². The lowest BCUT2D eigenvalue weighted by molar-refractivity contribution is -0.570. The summed E-state index contributed by atoms with van der Waals surface area (Å²) in [7, 11) is 0. The molecule has 5 nitrogen and oxygen atoms in total. The van der Waals surface area contributed by atoms with E-state index in [4.69, 9.17) is 17.9 Å². The molecule has 0 N–H and O–H groups in total. The predicted molar refractivity (Wildman–Crippen MR) is 364 cm³/mol. The minimum absolute atomic E-state index is 0.0328. The summed E-state index contributed by atoms with van der Waals surface area (Å²) in [6.07, 6.45) is 5.38. The molecule has 0 saturated heterocycles. The fourth-order valence-corrected chi connectivity index (χ4v) is 12.2. The molecule has 3 aromatic heterocycles. The van der Waals surface area contributed by atoms with Gasteiger partial charge in [-0.05, 0) is 216 Å². The number of nitrogens with zero attached hydrogens (tertiary/aromatic N) is 4. The molecule has 1 aliphatic heterocycles. The van der Waals surface area contributed by atoms with Crippen molar-refractivity contribution in [2.75, 3.05) is 0 Å². The van der Waals surface area contributed by atoms with E-state index in [1.54, 1.807) is 41.1 Å². The smallest absolute Gasteiger partial charge is 0.269 e. The number of aryl methyl sites for hydroxylation is 4. The zero-order valence-corrected chi connectivity index (χ0v) is 49.8. The molecule has 0 unspecified atom stereocenters. The number of benzene rings is 10. The first-order valence-electron chi connectivity index (χ1n) is 39.0. The lowest BCUT2D eigenvalue weighted by atomic mass is 9.78. The third kappa shape index (κ3) is 9.56. The molecule has 4 heterocycles. The maximum atomic E-state index is 10.3. The summed E-state index contributed by atoms with van der Waals surface area (Å²) in [4.78, 5) is 4.89. The second-order valence-electron chi connectivity index (χ2n) is 25.6. The lowest BCUT2D eigenvalue weighted by Crippen LogP contribution is -2.32. The maximum Gasteiger partial charge on any atom is 0.269 e. The van der Waals surface area contributed by atoms with Gasteiger partial charge in [-0.25, -0.2) is 4.98 Å². The van der Waals surface area contributed by atoms with Gasteiger partial charge in [-0.2, -0.15) is 0 Å². The Morgan fingerprint density at radius 1 is 0.448 bits per heavy atom. The van der Waals surface area contributed by atoms with Crippen LogP contribution >= 0.6 is 0 Å². The summed E-state index contributed by atoms with van der Waals surface area (Å²) in [5.74, 6) is 1.45. The summed E-state index contributed by atoms with van der Waals surface area (Å²) in [6.45, 7) is 6.41. The van der Waals surface area contributed by atoms with Crippen LogP contribution in [0, 0.1) is 33.7 Å². The van der Waals surface area contributed by atoms with Crippen LogP contribution in [0.25, 0.3) is 117 Å². The molecule has 0 spiro atoms. The monoisotopic (exact) mass is 1150 g/mol. The third-order valence-electron chi connectivity index (χ3n) is 16.7. The van der Waals surface area contributed by atoms with Crippen LogP contribution in [-0.2, 0) is 16.2 Å². The molecule has 0 radical (unpaired) electrons. The highest BCUT2D eigenvalue weighted by atomic mass is 16.5. The van der Waals surface area contributed by atoms with Gasteiger partial charge < -0.3 is 4.74 Å². The van der Waals surface area contributed by atoms with Crippen LogP contribution < -0.4 is 9.30 Å². The molecule has 0 bridgehead atoms. The molecule has 0 atom stereocenters. The van der Waals surface area contributed by atoms with Gasteiger partial charge in [0, 0.05) is 39.5 Å². The molecular formula is C82H74N4O. The van der Waals surface area contributed by atoms with Crippen molar-refractivity contribution in [1.82, 2.24) is 14.1 Å². The summed E-state index contributed by atoms with van der Waals surface area (Å²) in [5, 5.41) is 1.92. The minimum atomic E-state index is -3.17. The van der Waals surface area contributed by atoms with Gasteiger partial charge in [0.15, 0.2) is 0 Å². The number of hydrogen-bond donors (Lipinski definition) is 0. The average Bonchev–Trinajstić information content (AvgIpc) is 1.59. The van der Waals surface area contributed by atoms with Crippen molar-refractivity contribution in [2.45, 2.75) is 106 Å². The van der Waals surface area contributed by atoms with E-state index in [-0.39, 0.29) is 50.0 Å². The van der Waals surface area contributed by atoms with E-state index in [1.165, 1.54) is 53.1 Å². The van der Waals surface area contributed by atoms with Gasteiger partial charge in [0.05, 0.1) is 44.4 Å². The number of aromatic nitrogens is 4.